The van der Waals surface area contributed by atoms with Gasteiger partial charge in [-0.3, -0.25) is 9.78 Å². The van der Waals surface area contributed by atoms with Crippen molar-refractivity contribution >= 4 is 28.7 Å². The summed E-state index contributed by atoms with van der Waals surface area (Å²) in [6.45, 7) is 1.76. The molecule has 0 saturated carbocycles. The van der Waals surface area contributed by atoms with Crippen molar-refractivity contribution in [3.8, 4) is 0 Å². The number of aromatic nitrogens is 3. The number of ether oxygens (including phenoxy) is 1. The van der Waals surface area contributed by atoms with Crippen LogP contribution in [0.1, 0.15) is 27.9 Å². The number of carbonyl (C=O) groups excluding carboxylic acids is 1. The molecule has 0 radical (unpaired) electrons. The highest BCUT2D eigenvalue weighted by molar-refractivity contribution is 7.98. The van der Waals surface area contributed by atoms with Crippen LogP contribution in [-0.2, 0) is 17.0 Å². The topological polar surface area (TPSA) is 69.0 Å². The Hall–Kier alpha value is -3.23. The molecule has 0 bridgehead atoms. The maximum absolute atomic E-state index is 14.1. The zero-order valence-corrected chi connectivity index (χ0v) is 19.1. The molecule has 2 heterocycles. The van der Waals surface area contributed by atoms with Gasteiger partial charge in [0.15, 0.2) is 5.16 Å². The van der Waals surface area contributed by atoms with E-state index in [2.05, 4.69) is 14.9 Å². The van der Waals surface area contributed by atoms with Gasteiger partial charge in [0.25, 0.3) is 5.91 Å². The van der Waals surface area contributed by atoms with Crippen molar-refractivity contribution in [1.82, 2.24) is 19.9 Å². The lowest BCUT2D eigenvalue weighted by molar-refractivity contribution is 0.0948. The zero-order valence-electron chi connectivity index (χ0n) is 18.3. The van der Waals surface area contributed by atoms with E-state index < -0.39 is 0 Å². The Bertz CT molecular complexity index is 1230. The molecule has 0 unspecified atom stereocenters. The number of thioether (sulfide) groups is 1. The quantitative estimate of drug-likeness (QED) is 0.273. The molecule has 33 heavy (non-hydrogen) atoms. The molecule has 0 atom stereocenters. The first-order chi connectivity index (χ1) is 16.2. The first-order valence-corrected chi connectivity index (χ1v) is 11.7. The lowest BCUT2D eigenvalue weighted by Gasteiger charge is -2.10. The van der Waals surface area contributed by atoms with Gasteiger partial charge in [-0.1, -0.05) is 42.1 Å². The van der Waals surface area contributed by atoms with Gasteiger partial charge in [-0.15, -0.1) is 0 Å². The van der Waals surface area contributed by atoms with Crippen LogP contribution < -0.4 is 5.32 Å². The number of hydrogen-bond acceptors (Lipinski definition) is 5. The first kappa shape index (κ1) is 22.9. The summed E-state index contributed by atoms with van der Waals surface area (Å²) in [6.07, 6.45) is 4.28. The Kier molecular flexibility index (Phi) is 7.70. The summed E-state index contributed by atoms with van der Waals surface area (Å²) in [5.41, 5.74) is 4.03. The summed E-state index contributed by atoms with van der Waals surface area (Å²) in [5, 5.41) is 3.69. The fourth-order valence-electron chi connectivity index (χ4n) is 3.43. The number of rotatable bonds is 10. The number of hydrogen-bond donors (Lipinski definition) is 1. The molecule has 8 heteroatoms. The average molecular weight is 465 g/mol. The smallest absolute Gasteiger partial charge is 0.251 e. The van der Waals surface area contributed by atoms with Crippen LogP contribution in [0.4, 0.5) is 4.39 Å². The minimum absolute atomic E-state index is 0.101. The third-order valence-corrected chi connectivity index (χ3v) is 6.22. The first-order valence-electron chi connectivity index (χ1n) is 10.7. The van der Waals surface area contributed by atoms with Crippen LogP contribution in [-0.4, -0.2) is 40.7 Å². The molecule has 1 amide bonds. The number of imidazole rings is 1. The number of carbonyl (C=O) groups is 1. The highest BCUT2D eigenvalue weighted by Crippen LogP contribution is 2.28. The fourth-order valence-corrected chi connectivity index (χ4v) is 4.43. The van der Waals surface area contributed by atoms with Crippen molar-refractivity contribution in [2.75, 3.05) is 20.3 Å². The standard InChI is InChI=1S/C25H25FN4O2S/c1-32-14-4-12-28-24(31)19-9-7-18(8-10-19)16-30-23-15-27-13-11-22(23)29-25(30)33-17-20-5-2-3-6-21(20)26/h2-3,5-11,13,15H,4,12,14,16-17H2,1H3,(H,28,31). The van der Waals surface area contributed by atoms with E-state index in [1.165, 1.54) is 17.8 Å². The minimum Gasteiger partial charge on any atom is -0.385 e. The second-order valence-corrected chi connectivity index (χ2v) is 8.47. The van der Waals surface area contributed by atoms with Crippen molar-refractivity contribution in [2.24, 2.45) is 0 Å². The van der Waals surface area contributed by atoms with Crippen molar-refractivity contribution in [3.63, 3.8) is 0 Å². The van der Waals surface area contributed by atoms with Gasteiger partial charge in [0.1, 0.15) is 5.82 Å². The lowest BCUT2D eigenvalue weighted by atomic mass is 10.1. The molecular weight excluding hydrogens is 439 g/mol. The van der Waals surface area contributed by atoms with Crippen molar-refractivity contribution in [1.29, 1.82) is 0 Å². The Morgan fingerprint density at radius 2 is 1.97 bits per heavy atom. The molecule has 0 aliphatic carbocycles. The molecule has 4 rings (SSSR count). The lowest BCUT2D eigenvalue weighted by Crippen LogP contribution is -2.25. The van der Waals surface area contributed by atoms with Crippen LogP contribution in [0.25, 0.3) is 11.0 Å². The Morgan fingerprint density at radius 3 is 2.76 bits per heavy atom. The van der Waals surface area contributed by atoms with Crippen LogP contribution in [0.3, 0.4) is 0 Å². The summed E-state index contributed by atoms with van der Waals surface area (Å²) in [6, 6.07) is 16.2. The molecule has 2 aromatic heterocycles. The maximum Gasteiger partial charge on any atom is 0.251 e. The normalized spacial score (nSPS) is 11.1. The van der Waals surface area contributed by atoms with E-state index in [1.807, 2.05) is 36.4 Å². The monoisotopic (exact) mass is 464 g/mol. The van der Waals surface area contributed by atoms with E-state index >= 15 is 0 Å². The molecule has 4 aromatic rings. The molecule has 0 aliphatic heterocycles. The summed E-state index contributed by atoms with van der Waals surface area (Å²) in [4.78, 5) is 21.3. The van der Waals surface area contributed by atoms with Crippen LogP contribution in [0.5, 0.6) is 0 Å². The Morgan fingerprint density at radius 1 is 1.15 bits per heavy atom. The second kappa shape index (κ2) is 11.1. The number of halogens is 1. The van der Waals surface area contributed by atoms with E-state index in [9.17, 15) is 9.18 Å². The Balaban J connectivity index is 1.50. The molecule has 2 aromatic carbocycles. The predicted octanol–water partition coefficient (Wildman–Crippen LogP) is 4.68. The van der Waals surface area contributed by atoms with Crippen LogP contribution >= 0.6 is 11.8 Å². The van der Waals surface area contributed by atoms with Crippen LogP contribution in [0.2, 0.25) is 0 Å². The summed E-state index contributed by atoms with van der Waals surface area (Å²) < 4.78 is 21.2. The van der Waals surface area contributed by atoms with Gasteiger partial charge >= 0.3 is 0 Å². The number of amides is 1. The van der Waals surface area contributed by atoms with Gasteiger partial charge < -0.3 is 14.6 Å². The number of nitrogens with one attached hydrogen (secondary N) is 1. The van der Waals surface area contributed by atoms with E-state index in [0.29, 0.717) is 36.6 Å². The SMILES string of the molecule is COCCCNC(=O)c1ccc(Cn2c(SCc3ccccc3F)nc3ccncc32)cc1. The van der Waals surface area contributed by atoms with Crippen molar-refractivity contribution < 1.29 is 13.9 Å². The van der Waals surface area contributed by atoms with Crippen molar-refractivity contribution in [2.45, 2.75) is 23.9 Å². The molecular formula is C25H25FN4O2S. The van der Waals surface area contributed by atoms with Gasteiger partial charge in [-0.05, 0) is 41.8 Å². The zero-order chi connectivity index (χ0) is 23.0. The molecule has 170 valence electrons. The number of fused-ring (bicyclic) bond motifs is 1. The highest BCUT2D eigenvalue weighted by Gasteiger charge is 2.14. The van der Waals surface area contributed by atoms with E-state index in [0.717, 1.165) is 28.2 Å². The third kappa shape index (κ3) is 5.77. The van der Waals surface area contributed by atoms with E-state index in [4.69, 9.17) is 9.72 Å². The number of methoxy groups -OCH3 is 1. The van der Waals surface area contributed by atoms with Gasteiger partial charge in [-0.2, -0.15) is 0 Å². The molecule has 0 fully saturated rings. The summed E-state index contributed by atoms with van der Waals surface area (Å²) in [5.74, 6) is 0.160. The van der Waals surface area contributed by atoms with Gasteiger partial charge in [0, 0.05) is 37.8 Å². The van der Waals surface area contributed by atoms with E-state index in [-0.39, 0.29) is 11.7 Å². The molecule has 0 spiro atoms. The average Bonchev–Trinajstić information content (AvgIpc) is 3.19. The number of benzene rings is 2. The Labute approximate surface area is 196 Å². The van der Waals surface area contributed by atoms with Crippen LogP contribution in [0.15, 0.2) is 72.1 Å². The fraction of sp³-hybridized carbons (Fsp3) is 0.240. The largest absolute Gasteiger partial charge is 0.385 e. The predicted molar refractivity (Wildman–Crippen MR) is 128 cm³/mol. The molecule has 0 aliphatic rings. The third-order valence-electron chi connectivity index (χ3n) is 5.20. The minimum atomic E-state index is -0.217. The molecule has 1 N–H and O–H groups in total. The summed E-state index contributed by atoms with van der Waals surface area (Å²) >= 11 is 1.49. The highest BCUT2D eigenvalue weighted by atomic mass is 32.2. The number of pyridine rings is 1. The van der Waals surface area contributed by atoms with Gasteiger partial charge in [-0.25, -0.2) is 9.37 Å². The molecule has 0 saturated heterocycles. The van der Waals surface area contributed by atoms with Crippen LogP contribution in [0, 0.1) is 5.82 Å². The van der Waals surface area contributed by atoms with E-state index in [1.54, 1.807) is 31.6 Å². The molecule has 6 nitrogen and oxygen atoms in total. The maximum atomic E-state index is 14.1. The number of nitrogens with zero attached hydrogens (tertiary/aromatic N) is 3. The second-order valence-electron chi connectivity index (χ2n) is 7.52. The van der Waals surface area contributed by atoms with Gasteiger partial charge in [0.2, 0.25) is 0 Å². The van der Waals surface area contributed by atoms with Crippen molar-refractivity contribution in [3.05, 3.63) is 89.5 Å². The summed E-state index contributed by atoms with van der Waals surface area (Å²) in [7, 11) is 1.64. The van der Waals surface area contributed by atoms with Gasteiger partial charge in [0.05, 0.1) is 23.8 Å².